The molecule has 0 spiro atoms. The Morgan fingerprint density at radius 2 is 2.06 bits per heavy atom. The van der Waals surface area contributed by atoms with Gasteiger partial charge in [-0.05, 0) is 36.6 Å². The highest BCUT2D eigenvalue weighted by molar-refractivity contribution is 5.95. The fourth-order valence-corrected chi connectivity index (χ4v) is 5.13. The van der Waals surface area contributed by atoms with Gasteiger partial charge in [0.05, 0.1) is 35.1 Å². The zero-order chi connectivity index (χ0) is 21.7. The summed E-state index contributed by atoms with van der Waals surface area (Å²) in [5.41, 5.74) is 9.79. The molecule has 0 saturated carbocycles. The Kier molecular flexibility index (Phi) is 4.43. The summed E-state index contributed by atoms with van der Waals surface area (Å²) < 4.78 is 12.7. The molecule has 8 nitrogen and oxygen atoms in total. The van der Waals surface area contributed by atoms with E-state index in [2.05, 4.69) is 0 Å². The molecule has 166 valence electrons. The number of nitrogens with zero attached hydrogens (tertiary/aromatic N) is 2. The van der Waals surface area contributed by atoms with Gasteiger partial charge in [-0.2, -0.15) is 0 Å². The molecule has 0 bridgehead atoms. The topological polar surface area (TPSA) is 117 Å². The summed E-state index contributed by atoms with van der Waals surface area (Å²) in [6, 6.07) is 5.26. The Hall–Kier alpha value is -2.94. The first kappa shape index (κ1) is 20.9. The Morgan fingerprint density at radius 1 is 1.28 bits per heavy atom. The molecular formula is C23H22ClN3O5. The summed E-state index contributed by atoms with van der Waals surface area (Å²) in [6.07, 6.45) is 0.107. The van der Waals surface area contributed by atoms with Crippen LogP contribution in [0.15, 0.2) is 23.0 Å². The van der Waals surface area contributed by atoms with E-state index in [4.69, 9.17) is 20.2 Å². The summed E-state index contributed by atoms with van der Waals surface area (Å²) in [7, 11) is 0. The lowest BCUT2D eigenvalue weighted by molar-refractivity contribution is -0.172. The standard InChI is InChI=1S/C23H21N3O5.ClH/c1-3-23(29)13-6-16-19-11(7-26(16)21(27)12(13)8-31-22(23)28)17-14(24)9-30-20-10(2)4-5-15(25-19)18(17)20;/h4-6,14,29H,3,7-9,24H2,1-2H3;1H/t14?,23-;/m0./s1. The number of halogens is 1. The molecule has 6 rings (SSSR count). The molecular weight excluding hydrogens is 434 g/mol. The number of hydrogen-bond acceptors (Lipinski definition) is 7. The van der Waals surface area contributed by atoms with Gasteiger partial charge in [0.25, 0.3) is 5.56 Å². The number of aryl methyl sites for hydroxylation is 1. The van der Waals surface area contributed by atoms with Gasteiger partial charge in [-0.1, -0.05) is 13.0 Å². The van der Waals surface area contributed by atoms with E-state index < -0.39 is 11.6 Å². The maximum atomic E-state index is 13.4. The number of ether oxygens (including phenoxy) is 2. The number of nitrogens with two attached hydrogens (primary N) is 1. The van der Waals surface area contributed by atoms with Crippen molar-refractivity contribution in [3.05, 3.63) is 56.4 Å². The predicted octanol–water partition coefficient (Wildman–Crippen LogP) is 2.20. The maximum absolute atomic E-state index is 13.4. The monoisotopic (exact) mass is 455 g/mol. The zero-order valence-corrected chi connectivity index (χ0v) is 18.4. The molecule has 3 aliphatic rings. The first-order valence-electron chi connectivity index (χ1n) is 10.4. The third-order valence-corrected chi connectivity index (χ3v) is 6.82. The lowest BCUT2D eigenvalue weighted by Gasteiger charge is -2.31. The highest BCUT2D eigenvalue weighted by Crippen LogP contribution is 2.45. The number of rotatable bonds is 1. The van der Waals surface area contributed by atoms with E-state index >= 15 is 0 Å². The smallest absolute Gasteiger partial charge is 0.343 e. The Balaban J connectivity index is 0.00000216. The minimum Gasteiger partial charge on any atom is -0.491 e. The molecule has 9 heteroatoms. The van der Waals surface area contributed by atoms with Gasteiger partial charge >= 0.3 is 5.97 Å². The van der Waals surface area contributed by atoms with E-state index in [1.165, 1.54) is 0 Å². The Bertz CT molecular complexity index is 1400. The molecule has 0 aliphatic carbocycles. The van der Waals surface area contributed by atoms with Crippen LogP contribution in [0, 0.1) is 6.92 Å². The number of benzene rings is 1. The number of carbonyl (C=O) groups excluding carboxylic acids is 1. The SMILES string of the molecule is CC[C@@]1(O)C(=O)OCc2c1cc1n(c2=O)Cc2c-1nc1ccc(C)c3c1c2C(N)CO3.Cl. The van der Waals surface area contributed by atoms with Gasteiger partial charge in [-0.15, -0.1) is 12.4 Å². The van der Waals surface area contributed by atoms with Crippen LogP contribution in [0.1, 0.15) is 47.2 Å². The lowest BCUT2D eigenvalue weighted by Crippen LogP contribution is -2.44. The number of esters is 1. The van der Waals surface area contributed by atoms with Gasteiger partial charge in [0.15, 0.2) is 5.60 Å². The minimum atomic E-state index is -1.84. The summed E-state index contributed by atoms with van der Waals surface area (Å²) >= 11 is 0. The van der Waals surface area contributed by atoms with E-state index in [9.17, 15) is 14.7 Å². The quantitative estimate of drug-likeness (QED) is 0.422. The largest absolute Gasteiger partial charge is 0.491 e. The first-order chi connectivity index (χ1) is 14.8. The molecule has 0 saturated heterocycles. The molecule has 3 N–H and O–H groups in total. The van der Waals surface area contributed by atoms with E-state index in [-0.39, 0.29) is 37.0 Å². The highest BCUT2D eigenvalue weighted by Gasteiger charge is 2.45. The highest BCUT2D eigenvalue weighted by atomic mass is 35.5. The normalized spacial score (nSPS) is 22.4. The van der Waals surface area contributed by atoms with Crippen LogP contribution in [-0.2, 0) is 28.3 Å². The second kappa shape index (κ2) is 6.78. The van der Waals surface area contributed by atoms with Gasteiger partial charge in [-0.3, -0.25) is 4.79 Å². The fraction of sp³-hybridized carbons (Fsp3) is 0.348. The van der Waals surface area contributed by atoms with Crippen molar-refractivity contribution < 1.29 is 19.4 Å². The molecule has 32 heavy (non-hydrogen) atoms. The number of cyclic esters (lactones) is 1. The number of carbonyl (C=O) groups is 1. The maximum Gasteiger partial charge on any atom is 0.343 e. The van der Waals surface area contributed by atoms with E-state index in [0.29, 0.717) is 35.7 Å². The van der Waals surface area contributed by atoms with Crippen LogP contribution >= 0.6 is 12.4 Å². The fourth-order valence-electron chi connectivity index (χ4n) is 5.13. The zero-order valence-electron chi connectivity index (χ0n) is 17.6. The van der Waals surface area contributed by atoms with Gasteiger partial charge < -0.3 is 24.9 Å². The average Bonchev–Trinajstić information content (AvgIpc) is 3.13. The Morgan fingerprint density at radius 3 is 2.81 bits per heavy atom. The summed E-state index contributed by atoms with van der Waals surface area (Å²) in [4.78, 5) is 30.6. The van der Waals surface area contributed by atoms with Crippen molar-refractivity contribution in [1.29, 1.82) is 0 Å². The van der Waals surface area contributed by atoms with Crippen LogP contribution in [0.25, 0.3) is 22.3 Å². The van der Waals surface area contributed by atoms with E-state index in [1.54, 1.807) is 17.6 Å². The summed E-state index contributed by atoms with van der Waals surface area (Å²) in [6.45, 7) is 4.20. The van der Waals surface area contributed by atoms with E-state index in [0.717, 1.165) is 33.3 Å². The van der Waals surface area contributed by atoms with Gasteiger partial charge in [0.2, 0.25) is 0 Å². The number of fused-ring (bicyclic) bond motifs is 5. The molecule has 5 heterocycles. The van der Waals surface area contributed by atoms with Crippen molar-refractivity contribution in [3.8, 4) is 17.1 Å². The van der Waals surface area contributed by atoms with Crippen molar-refractivity contribution >= 4 is 29.3 Å². The second-order valence-electron chi connectivity index (χ2n) is 8.48. The molecule has 0 radical (unpaired) electrons. The molecule has 1 unspecified atom stereocenters. The number of aliphatic hydroxyl groups is 1. The van der Waals surface area contributed by atoms with Crippen LogP contribution in [0.2, 0.25) is 0 Å². The molecule has 0 fully saturated rings. The van der Waals surface area contributed by atoms with Crippen LogP contribution in [0.5, 0.6) is 5.75 Å². The van der Waals surface area contributed by atoms with Crippen molar-refractivity contribution in [2.75, 3.05) is 6.61 Å². The van der Waals surface area contributed by atoms with Crippen LogP contribution in [-0.4, -0.2) is 27.2 Å². The number of hydrogen-bond donors (Lipinski definition) is 2. The van der Waals surface area contributed by atoms with Gasteiger partial charge in [0.1, 0.15) is 19.0 Å². The lowest BCUT2D eigenvalue weighted by atomic mass is 9.86. The van der Waals surface area contributed by atoms with Crippen molar-refractivity contribution in [1.82, 2.24) is 9.55 Å². The van der Waals surface area contributed by atoms with Crippen molar-refractivity contribution in [2.45, 2.75) is 45.1 Å². The number of aromatic nitrogens is 2. The van der Waals surface area contributed by atoms with Crippen LogP contribution in [0.3, 0.4) is 0 Å². The molecule has 1 aromatic carbocycles. The third-order valence-electron chi connectivity index (χ3n) is 6.82. The van der Waals surface area contributed by atoms with Crippen molar-refractivity contribution in [2.24, 2.45) is 5.73 Å². The van der Waals surface area contributed by atoms with Crippen molar-refractivity contribution in [3.63, 3.8) is 0 Å². The van der Waals surface area contributed by atoms with E-state index in [1.807, 2.05) is 19.1 Å². The molecule has 0 amide bonds. The van der Waals surface area contributed by atoms with Crippen LogP contribution < -0.4 is 16.0 Å². The predicted molar refractivity (Wildman–Crippen MR) is 119 cm³/mol. The third kappa shape index (κ3) is 2.42. The molecule has 3 aliphatic heterocycles. The van der Waals surface area contributed by atoms with Gasteiger partial charge in [0, 0.05) is 16.5 Å². The molecule has 2 aromatic heterocycles. The second-order valence-corrected chi connectivity index (χ2v) is 8.48. The molecule has 3 aromatic rings. The average molecular weight is 456 g/mol. The van der Waals surface area contributed by atoms with Crippen LogP contribution in [0.4, 0.5) is 0 Å². The summed E-state index contributed by atoms with van der Waals surface area (Å²) in [5.74, 6) is 0.0531. The first-order valence-corrected chi connectivity index (χ1v) is 10.4. The van der Waals surface area contributed by atoms with Gasteiger partial charge in [-0.25, -0.2) is 9.78 Å². The Labute approximate surface area is 189 Å². The summed E-state index contributed by atoms with van der Waals surface area (Å²) in [5, 5.41) is 11.9. The number of pyridine rings is 2. The molecule has 2 atom stereocenters. The minimum absolute atomic E-state index is 0.